The minimum atomic E-state index is -0.839. The fourth-order valence-electron chi connectivity index (χ4n) is 7.98. The molecule has 2 saturated heterocycles. The molecule has 0 aromatic rings. The van der Waals surface area contributed by atoms with Crippen LogP contribution in [0, 0.1) is 17.3 Å². The topological polar surface area (TPSA) is 91.3 Å². The van der Waals surface area contributed by atoms with Gasteiger partial charge >= 0.3 is 5.97 Å². The van der Waals surface area contributed by atoms with Gasteiger partial charge in [-0.1, -0.05) is 0 Å². The molecule has 3 saturated carbocycles. The summed E-state index contributed by atoms with van der Waals surface area (Å²) in [5.74, 6) is 0.0255. The maximum absolute atomic E-state index is 11.2. The highest BCUT2D eigenvalue weighted by molar-refractivity contribution is 5.69. The van der Waals surface area contributed by atoms with Crippen LogP contribution in [0.25, 0.3) is 0 Å². The van der Waals surface area contributed by atoms with Gasteiger partial charge in [-0.3, -0.25) is 4.79 Å². The van der Waals surface area contributed by atoms with Crippen molar-refractivity contribution in [3.8, 4) is 0 Å². The largest absolute Gasteiger partial charge is 0.480 e. The number of likely N-dealkylation sites (N-methyl/N-ethyl adjacent to an activating group) is 1. The monoisotopic (exact) mass is 380 g/mol. The van der Waals surface area contributed by atoms with E-state index in [0.29, 0.717) is 17.9 Å². The number of aliphatic carboxylic acids is 1. The first-order chi connectivity index (χ1) is 12.9. The molecule has 0 amide bonds. The summed E-state index contributed by atoms with van der Waals surface area (Å²) < 4.78 is 13.1. The van der Waals surface area contributed by atoms with E-state index in [4.69, 9.17) is 14.6 Å². The van der Waals surface area contributed by atoms with E-state index in [9.17, 15) is 9.90 Å². The van der Waals surface area contributed by atoms with E-state index in [1.165, 1.54) is 0 Å². The molecule has 27 heavy (non-hydrogen) atoms. The molecule has 5 fully saturated rings. The van der Waals surface area contributed by atoms with Gasteiger partial charge in [0.15, 0.2) is 0 Å². The Morgan fingerprint density at radius 1 is 1.33 bits per heavy atom. The number of carboxylic acid groups (broad SMARTS) is 1. The average molecular weight is 380 g/mol. The maximum Gasteiger partial charge on any atom is 0.317 e. The van der Waals surface area contributed by atoms with Gasteiger partial charge in [-0.05, 0) is 58.0 Å². The summed E-state index contributed by atoms with van der Waals surface area (Å²) in [6, 6.07) is 0.378. The highest BCUT2D eigenvalue weighted by Crippen LogP contribution is 2.70. The van der Waals surface area contributed by atoms with Gasteiger partial charge in [0.2, 0.25) is 0 Å². The van der Waals surface area contributed by atoms with Crippen LogP contribution in [0.5, 0.6) is 0 Å². The molecule has 2 heterocycles. The van der Waals surface area contributed by atoms with Crippen molar-refractivity contribution >= 4 is 5.97 Å². The first-order valence-corrected chi connectivity index (χ1v) is 10.5. The molecule has 2 aliphatic heterocycles. The Balaban J connectivity index is 1.61. The van der Waals surface area contributed by atoms with E-state index >= 15 is 0 Å². The Labute approximate surface area is 160 Å². The van der Waals surface area contributed by atoms with Crippen LogP contribution in [-0.4, -0.2) is 84.3 Å². The van der Waals surface area contributed by atoms with E-state index in [1.54, 1.807) is 0 Å². The molecular weight excluding hydrogens is 348 g/mol. The number of hydrogen-bond acceptors (Lipinski definition) is 6. The lowest BCUT2D eigenvalue weighted by Crippen LogP contribution is -2.78. The van der Waals surface area contributed by atoms with Gasteiger partial charge in [0.1, 0.15) is 0 Å². The van der Waals surface area contributed by atoms with Crippen molar-refractivity contribution in [1.82, 2.24) is 10.2 Å². The zero-order valence-electron chi connectivity index (χ0n) is 16.3. The number of ether oxygens (including phenoxy) is 2. The predicted molar refractivity (Wildman–Crippen MR) is 97.4 cm³/mol. The van der Waals surface area contributed by atoms with E-state index in [0.717, 1.165) is 45.1 Å². The van der Waals surface area contributed by atoms with Crippen molar-refractivity contribution in [3.63, 3.8) is 0 Å². The summed E-state index contributed by atoms with van der Waals surface area (Å²) in [5, 5.41) is 23.2. The van der Waals surface area contributed by atoms with Crippen LogP contribution < -0.4 is 5.32 Å². The van der Waals surface area contributed by atoms with Crippen molar-refractivity contribution in [2.24, 2.45) is 17.3 Å². The Morgan fingerprint density at radius 2 is 2.15 bits per heavy atom. The Hall–Kier alpha value is -0.730. The molecule has 7 nitrogen and oxygen atoms in total. The quantitative estimate of drug-likeness (QED) is 0.653. The van der Waals surface area contributed by atoms with E-state index in [2.05, 4.69) is 17.3 Å². The van der Waals surface area contributed by atoms with Gasteiger partial charge in [-0.15, -0.1) is 0 Å². The molecule has 9 atom stereocenters. The molecule has 5 aliphatic rings. The second kappa shape index (κ2) is 6.13. The summed E-state index contributed by atoms with van der Waals surface area (Å²) in [7, 11) is 4.07. The molecule has 2 bridgehead atoms. The molecular formula is C20H32N2O5. The third kappa shape index (κ3) is 2.18. The first kappa shape index (κ1) is 18.3. The molecule has 5 unspecified atom stereocenters. The fourth-order valence-corrected chi connectivity index (χ4v) is 7.98. The maximum atomic E-state index is 11.2. The number of carboxylic acids is 1. The molecule has 7 heteroatoms. The lowest BCUT2D eigenvalue weighted by molar-refractivity contribution is -0.269. The number of carbonyl (C=O) groups is 1. The van der Waals surface area contributed by atoms with Gasteiger partial charge < -0.3 is 29.9 Å². The molecule has 5 rings (SSSR count). The molecule has 1 spiro atoms. The molecule has 0 radical (unpaired) electrons. The van der Waals surface area contributed by atoms with Crippen molar-refractivity contribution < 1.29 is 24.5 Å². The van der Waals surface area contributed by atoms with Crippen molar-refractivity contribution in [2.45, 2.75) is 74.5 Å². The van der Waals surface area contributed by atoms with Crippen LogP contribution in [-0.2, 0) is 14.3 Å². The zero-order valence-corrected chi connectivity index (χ0v) is 16.3. The first-order valence-electron chi connectivity index (χ1n) is 10.5. The number of likely N-dealkylation sites (tertiary alicyclic amines) is 1. The number of nitrogens with one attached hydrogen (secondary N) is 1. The van der Waals surface area contributed by atoms with Crippen LogP contribution in [0.2, 0.25) is 0 Å². The van der Waals surface area contributed by atoms with Gasteiger partial charge in [-0.2, -0.15) is 0 Å². The summed E-state index contributed by atoms with van der Waals surface area (Å²) in [5.41, 5.74) is -0.401. The number of methoxy groups -OCH3 is 1. The second-order valence-electron chi connectivity index (χ2n) is 9.49. The third-order valence-electron chi connectivity index (χ3n) is 8.81. The summed E-state index contributed by atoms with van der Waals surface area (Å²) in [6.07, 6.45) is 5.08. The summed E-state index contributed by atoms with van der Waals surface area (Å²) >= 11 is 0. The number of aliphatic hydroxyl groups is 1. The lowest BCUT2D eigenvalue weighted by Gasteiger charge is -2.69. The lowest BCUT2D eigenvalue weighted by atomic mass is 9.42. The molecule has 3 N–H and O–H groups in total. The molecule has 152 valence electrons. The number of piperidine rings is 1. The molecule has 3 aliphatic carbocycles. The Bertz CT molecular complexity index is 631. The van der Waals surface area contributed by atoms with Crippen LogP contribution in [0.15, 0.2) is 0 Å². The zero-order chi connectivity index (χ0) is 19.0. The minimum absolute atomic E-state index is 0.00461. The van der Waals surface area contributed by atoms with Crippen molar-refractivity contribution in [3.05, 3.63) is 0 Å². The number of nitrogens with zero attached hydrogens (tertiary/aromatic N) is 1. The highest BCUT2D eigenvalue weighted by atomic mass is 16.5. The Kier molecular flexibility index (Phi) is 4.16. The van der Waals surface area contributed by atoms with Crippen LogP contribution in [0.1, 0.15) is 38.5 Å². The standard InChI is InChI=1S/C20H32N2O5/c1-22-8-7-19-16-11-3-4-13(23)17(16)27-18(19)12(21-10-15(24)25)5-6-20(19,26-2)14(22)9-11/h11-14,16-18,21,23H,3-10H2,1-2H3,(H,24,25)/t11?,12-,13?,14?,16?,17?,18-,19-,20+/m0/s1. The summed E-state index contributed by atoms with van der Waals surface area (Å²) in [4.78, 5) is 13.6. The van der Waals surface area contributed by atoms with Gasteiger partial charge in [0.05, 0.1) is 30.5 Å². The average Bonchev–Trinajstić information content (AvgIpc) is 3.01. The summed E-state index contributed by atoms with van der Waals surface area (Å²) in [6.45, 7) is 0.957. The number of hydrogen-bond donors (Lipinski definition) is 3. The minimum Gasteiger partial charge on any atom is -0.480 e. The molecule has 0 aromatic heterocycles. The number of aliphatic hydroxyl groups excluding tert-OH is 1. The van der Waals surface area contributed by atoms with Gasteiger partial charge in [0, 0.05) is 30.5 Å². The van der Waals surface area contributed by atoms with Crippen LogP contribution in [0.3, 0.4) is 0 Å². The third-order valence-corrected chi connectivity index (χ3v) is 8.81. The fraction of sp³-hybridized carbons (Fsp3) is 0.950. The smallest absolute Gasteiger partial charge is 0.317 e. The van der Waals surface area contributed by atoms with Gasteiger partial charge in [0.25, 0.3) is 0 Å². The molecule has 0 aromatic carbocycles. The van der Waals surface area contributed by atoms with E-state index in [1.807, 2.05) is 7.11 Å². The number of rotatable bonds is 4. The SMILES string of the molecule is CO[C@]12CC[C@H](NCC(=O)O)[C@@H]3OC4C(O)CCC5CC1N(C)CC[C@]32C54. The van der Waals surface area contributed by atoms with Crippen molar-refractivity contribution in [2.75, 3.05) is 27.2 Å². The van der Waals surface area contributed by atoms with E-state index in [-0.39, 0.29) is 35.8 Å². The van der Waals surface area contributed by atoms with E-state index < -0.39 is 12.1 Å². The highest BCUT2D eigenvalue weighted by Gasteiger charge is 2.77. The predicted octanol–water partition coefficient (Wildman–Crippen LogP) is 0.457. The van der Waals surface area contributed by atoms with Crippen LogP contribution in [0.4, 0.5) is 0 Å². The van der Waals surface area contributed by atoms with Crippen molar-refractivity contribution in [1.29, 1.82) is 0 Å². The Morgan fingerprint density at radius 3 is 2.89 bits per heavy atom. The second-order valence-corrected chi connectivity index (χ2v) is 9.49. The van der Waals surface area contributed by atoms with Crippen LogP contribution >= 0.6 is 0 Å². The normalized spacial score (nSPS) is 53.8. The van der Waals surface area contributed by atoms with Gasteiger partial charge in [-0.25, -0.2) is 0 Å².